The zero-order valence-corrected chi connectivity index (χ0v) is 35.9. The van der Waals surface area contributed by atoms with Crippen LogP contribution < -0.4 is 10.6 Å². The van der Waals surface area contributed by atoms with Gasteiger partial charge in [-0.15, -0.1) is 23.5 Å². The number of aliphatic carboxylic acids is 1. The van der Waals surface area contributed by atoms with E-state index in [1.165, 1.54) is 12.1 Å². The third-order valence-corrected chi connectivity index (χ3v) is 12.6. The maximum Gasteiger partial charge on any atom is 0.329 e. The summed E-state index contributed by atoms with van der Waals surface area (Å²) in [6.45, 7) is 9.43. The molecule has 2 saturated heterocycles. The Bertz CT molecular complexity index is 1900. The van der Waals surface area contributed by atoms with E-state index < -0.39 is 53.3 Å². The second kappa shape index (κ2) is 20.7. The number of thioether (sulfide) groups is 2. The molecule has 6 rings (SSSR count). The fourth-order valence-corrected chi connectivity index (χ4v) is 9.72. The summed E-state index contributed by atoms with van der Waals surface area (Å²) < 4.78 is 15.6. The molecule has 4 aliphatic heterocycles. The first-order valence-electron chi connectivity index (χ1n) is 20.0. The minimum atomic E-state index is -1.21. The number of amides is 4. The largest absolute Gasteiger partial charge is 0.480 e. The Morgan fingerprint density at radius 3 is 1.40 bits per heavy atom. The average Bonchev–Trinajstić information content (AvgIpc) is 3.99. The maximum absolute atomic E-state index is 13.0. The summed E-state index contributed by atoms with van der Waals surface area (Å²) in [4.78, 5) is 101. The Morgan fingerprint density at radius 2 is 1.05 bits per heavy atom. The van der Waals surface area contributed by atoms with E-state index in [0.717, 1.165) is 9.80 Å². The van der Waals surface area contributed by atoms with E-state index in [2.05, 4.69) is 10.6 Å². The fourth-order valence-electron chi connectivity index (χ4n) is 7.22. The first-order valence-corrected chi connectivity index (χ1v) is 22.1. The van der Waals surface area contributed by atoms with Gasteiger partial charge in [-0.3, -0.25) is 49.2 Å². The molecule has 4 heterocycles. The van der Waals surface area contributed by atoms with E-state index in [-0.39, 0.29) is 58.7 Å². The number of carbonyl (C=O) groups excluding carboxylic acids is 7. The quantitative estimate of drug-likeness (QED) is 0.122. The molecule has 0 saturated carbocycles. The number of carbonyl (C=O) groups is 8. The lowest BCUT2D eigenvalue weighted by Gasteiger charge is -2.29. The van der Waals surface area contributed by atoms with Crippen molar-refractivity contribution in [3.63, 3.8) is 0 Å². The van der Waals surface area contributed by atoms with Crippen LogP contribution in [-0.2, 0) is 33.4 Å². The Morgan fingerprint density at radius 1 is 0.683 bits per heavy atom. The summed E-state index contributed by atoms with van der Waals surface area (Å²) in [5.74, 6) is -3.20. The van der Waals surface area contributed by atoms with Gasteiger partial charge in [0.2, 0.25) is 0 Å². The van der Waals surface area contributed by atoms with Gasteiger partial charge in [0.1, 0.15) is 29.8 Å². The van der Waals surface area contributed by atoms with Crippen molar-refractivity contribution in [3.8, 4) is 0 Å². The van der Waals surface area contributed by atoms with Gasteiger partial charge in [-0.25, -0.2) is 9.59 Å². The van der Waals surface area contributed by atoms with Gasteiger partial charge in [0, 0.05) is 11.5 Å². The lowest BCUT2D eigenvalue weighted by molar-refractivity contribution is -0.160. The molecule has 2 aromatic rings. The van der Waals surface area contributed by atoms with Crippen LogP contribution in [0.1, 0.15) is 115 Å². The predicted octanol–water partition coefficient (Wildman–Crippen LogP) is 4.26. The topological polar surface area (TPSA) is 215 Å². The van der Waals surface area contributed by atoms with Gasteiger partial charge in [0.05, 0.1) is 46.2 Å². The molecule has 60 heavy (non-hydrogen) atoms. The monoisotopic (exact) mass is 868 g/mol. The zero-order chi connectivity index (χ0) is 43.7. The van der Waals surface area contributed by atoms with Crippen LogP contribution in [-0.4, -0.2) is 128 Å². The number of fused-ring (bicyclic) bond motifs is 2. The van der Waals surface area contributed by atoms with Crippen molar-refractivity contribution in [1.82, 2.24) is 20.4 Å². The van der Waals surface area contributed by atoms with Crippen molar-refractivity contribution < 1.29 is 57.7 Å². The molecule has 4 amide bonds. The van der Waals surface area contributed by atoms with Gasteiger partial charge in [0.15, 0.2) is 0 Å². The molecule has 2 aromatic carbocycles. The maximum atomic E-state index is 13.0. The van der Waals surface area contributed by atoms with Crippen molar-refractivity contribution in [2.45, 2.75) is 114 Å². The third-order valence-electron chi connectivity index (χ3n) is 9.97. The second-order valence-electron chi connectivity index (χ2n) is 15.4. The van der Waals surface area contributed by atoms with Gasteiger partial charge in [-0.1, -0.05) is 24.3 Å². The van der Waals surface area contributed by atoms with Crippen molar-refractivity contribution in [3.05, 3.63) is 70.8 Å². The molecule has 4 aliphatic rings. The van der Waals surface area contributed by atoms with Gasteiger partial charge in [0.25, 0.3) is 23.6 Å². The van der Waals surface area contributed by atoms with E-state index in [4.69, 9.17) is 14.2 Å². The Balaban J connectivity index is 0.000000230. The number of rotatable bonds is 16. The number of hydrogen-bond donors (Lipinski definition) is 3. The minimum absolute atomic E-state index is 0.00558. The molecule has 6 atom stereocenters. The fraction of sp³-hybridized carbons (Fsp3) is 0.524. The SMILES string of the molecule is CCOC(=O)[C@@H]1CSC(CCC[C@@H](C(=O)O)N2C(=O)c3ccccc3C2=O)N1.CCOC(=O)[C@@H]1CSC(CCC[C@@H](C(=O)OC(C)(C)C)N2C(=O)c3ccccc3C2=O)N1. The van der Waals surface area contributed by atoms with Crippen molar-refractivity contribution in [2.75, 3.05) is 24.7 Å². The van der Waals surface area contributed by atoms with Crippen molar-refractivity contribution in [1.29, 1.82) is 0 Å². The van der Waals surface area contributed by atoms with Crippen LogP contribution in [0, 0.1) is 0 Å². The van der Waals surface area contributed by atoms with Crippen LogP contribution in [0.25, 0.3) is 0 Å². The molecule has 0 radical (unpaired) electrons. The molecule has 3 N–H and O–H groups in total. The number of hydrogen-bond acceptors (Lipinski definition) is 15. The highest BCUT2D eigenvalue weighted by Crippen LogP contribution is 2.31. The average molecular weight is 869 g/mol. The summed E-state index contributed by atoms with van der Waals surface area (Å²) in [6.07, 6.45) is 2.78. The van der Waals surface area contributed by atoms with E-state index >= 15 is 0 Å². The van der Waals surface area contributed by atoms with E-state index in [1.54, 1.807) is 94.5 Å². The van der Waals surface area contributed by atoms with E-state index in [0.29, 0.717) is 61.5 Å². The minimum Gasteiger partial charge on any atom is -0.480 e. The summed E-state index contributed by atoms with van der Waals surface area (Å²) in [5.41, 5.74) is 0.338. The number of esters is 3. The summed E-state index contributed by atoms with van der Waals surface area (Å²) >= 11 is 3.20. The van der Waals surface area contributed by atoms with Crippen LogP contribution in [0.3, 0.4) is 0 Å². The second-order valence-corrected chi connectivity index (χ2v) is 17.9. The number of carboxylic acid groups (broad SMARTS) is 1. The summed E-state index contributed by atoms with van der Waals surface area (Å²) in [6, 6.07) is 10.0. The lowest BCUT2D eigenvalue weighted by Crippen LogP contribution is -2.47. The first kappa shape index (κ1) is 46.3. The number of imide groups is 2. The van der Waals surface area contributed by atoms with Crippen LogP contribution in [0.2, 0.25) is 0 Å². The summed E-state index contributed by atoms with van der Waals surface area (Å²) in [7, 11) is 0. The Hall–Kier alpha value is -4.78. The number of ether oxygens (including phenoxy) is 3. The smallest absolute Gasteiger partial charge is 0.329 e. The van der Waals surface area contributed by atoms with Gasteiger partial charge in [-0.05, 0) is 97.4 Å². The highest BCUT2D eigenvalue weighted by Gasteiger charge is 2.45. The number of carboxylic acids is 1. The first-order chi connectivity index (χ1) is 28.6. The molecule has 18 heteroatoms. The molecule has 0 spiro atoms. The van der Waals surface area contributed by atoms with Crippen LogP contribution in [0.5, 0.6) is 0 Å². The highest BCUT2D eigenvalue weighted by molar-refractivity contribution is 8.00. The molecule has 324 valence electrons. The van der Waals surface area contributed by atoms with Crippen LogP contribution in [0.4, 0.5) is 0 Å². The molecular formula is C42H52N4O12S2. The Labute approximate surface area is 357 Å². The molecular weight excluding hydrogens is 817 g/mol. The number of benzene rings is 2. The Kier molecular flexibility index (Phi) is 15.9. The summed E-state index contributed by atoms with van der Waals surface area (Å²) in [5, 5.41) is 16.0. The number of nitrogens with one attached hydrogen (secondary N) is 2. The molecule has 0 aromatic heterocycles. The number of nitrogens with zero attached hydrogens (tertiary/aromatic N) is 2. The van der Waals surface area contributed by atoms with Crippen LogP contribution >= 0.6 is 23.5 Å². The van der Waals surface area contributed by atoms with Gasteiger partial charge >= 0.3 is 23.9 Å². The third kappa shape index (κ3) is 11.1. The van der Waals surface area contributed by atoms with Crippen molar-refractivity contribution in [2.24, 2.45) is 0 Å². The van der Waals surface area contributed by atoms with Crippen LogP contribution in [0.15, 0.2) is 48.5 Å². The highest BCUT2D eigenvalue weighted by atomic mass is 32.2. The molecule has 0 bridgehead atoms. The van der Waals surface area contributed by atoms with Gasteiger partial charge < -0.3 is 19.3 Å². The van der Waals surface area contributed by atoms with Crippen molar-refractivity contribution >= 4 is 71.0 Å². The lowest BCUT2D eigenvalue weighted by atomic mass is 10.1. The molecule has 0 aliphatic carbocycles. The molecule has 2 fully saturated rings. The standard InChI is InChI=1S/C23H30N2O6S.C19H22N2O6S/c1-5-30-21(28)16-13-32-18(24-16)12-8-11-17(22(29)31-23(2,3)4)25-19(26)14-9-6-7-10-15(14)20(25)27;1-2-27-19(26)13-10-28-15(20-13)9-5-8-14(18(24)25)21-16(22)11-6-3-4-7-12(11)17(21)23/h6-7,9-10,16-18,24H,5,8,11-13H2,1-4H3;3-4,6-7,13-15,20H,2,5,8-10H2,1H3,(H,24,25)/t16-,17-,18?;13-,14-,15?/m00/s1. The van der Waals surface area contributed by atoms with E-state index in [9.17, 15) is 43.5 Å². The molecule has 16 nitrogen and oxygen atoms in total. The predicted molar refractivity (Wildman–Crippen MR) is 222 cm³/mol. The van der Waals surface area contributed by atoms with Gasteiger partial charge in [-0.2, -0.15) is 0 Å². The normalized spacial score (nSPS) is 21.8. The zero-order valence-electron chi connectivity index (χ0n) is 34.3. The molecule has 2 unspecified atom stereocenters. The van der Waals surface area contributed by atoms with E-state index in [1.807, 2.05) is 0 Å².